The number of hydrogen-bond donors (Lipinski definition) is 3. The second-order valence-electron chi connectivity index (χ2n) is 8.80. The van der Waals surface area contributed by atoms with Crippen LogP contribution in [0.2, 0.25) is 0 Å². The minimum Gasteiger partial charge on any atom is -0.490 e. The van der Waals surface area contributed by atoms with Crippen LogP contribution in [0.25, 0.3) is 10.8 Å². The zero-order valence-electron chi connectivity index (χ0n) is 19.9. The first-order chi connectivity index (χ1) is 17.0. The van der Waals surface area contributed by atoms with Gasteiger partial charge in [-0.05, 0) is 72.9 Å². The Kier molecular flexibility index (Phi) is 7.98. The number of ether oxygens (including phenoxy) is 1. The molecule has 0 bridgehead atoms. The maximum absolute atomic E-state index is 12.4. The van der Waals surface area contributed by atoms with Crippen LogP contribution >= 0.6 is 0 Å². The van der Waals surface area contributed by atoms with E-state index in [1.807, 2.05) is 36.4 Å². The molecule has 3 N–H and O–H groups in total. The van der Waals surface area contributed by atoms with E-state index in [2.05, 4.69) is 16.0 Å². The van der Waals surface area contributed by atoms with E-state index < -0.39 is 0 Å². The van der Waals surface area contributed by atoms with Crippen LogP contribution in [0, 0.1) is 5.92 Å². The lowest BCUT2D eigenvalue weighted by molar-refractivity contribution is -0.125. The summed E-state index contributed by atoms with van der Waals surface area (Å²) in [5, 5.41) is 10.5. The van der Waals surface area contributed by atoms with Crippen LogP contribution in [0.4, 0.5) is 0 Å². The van der Waals surface area contributed by atoms with Gasteiger partial charge in [0.15, 0.2) is 0 Å². The zero-order valence-corrected chi connectivity index (χ0v) is 19.9. The number of nitrogens with one attached hydrogen (secondary N) is 3. The monoisotopic (exact) mass is 473 g/mol. The first kappa shape index (κ1) is 24.3. The number of rotatable bonds is 8. The van der Waals surface area contributed by atoms with Gasteiger partial charge in [-0.15, -0.1) is 0 Å². The molecule has 0 saturated heterocycles. The molecule has 182 valence electrons. The van der Waals surface area contributed by atoms with E-state index in [1.54, 1.807) is 37.4 Å². The van der Waals surface area contributed by atoms with Crippen LogP contribution < -0.4 is 20.7 Å². The van der Waals surface area contributed by atoms with Crippen LogP contribution in [-0.4, -0.2) is 44.0 Å². The smallest absolute Gasteiger partial charge is 0.251 e. The molecule has 3 amide bonds. The highest BCUT2D eigenvalue weighted by atomic mass is 16.5. The Bertz CT molecular complexity index is 1180. The molecular weight excluding hydrogens is 442 g/mol. The van der Waals surface area contributed by atoms with E-state index in [9.17, 15) is 14.4 Å². The molecular formula is C28H31N3O4. The number of amides is 3. The first-order valence-corrected chi connectivity index (χ1v) is 12.1. The number of hydrogen-bond acceptors (Lipinski definition) is 4. The van der Waals surface area contributed by atoms with E-state index in [1.165, 1.54) is 0 Å². The zero-order chi connectivity index (χ0) is 24.6. The fourth-order valence-electron chi connectivity index (χ4n) is 4.41. The predicted octanol–water partition coefficient (Wildman–Crippen LogP) is 3.68. The maximum atomic E-state index is 12.4. The van der Waals surface area contributed by atoms with Crippen molar-refractivity contribution in [3.8, 4) is 5.75 Å². The highest BCUT2D eigenvalue weighted by molar-refractivity contribution is 5.98. The fourth-order valence-corrected chi connectivity index (χ4v) is 4.41. The van der Waals surface area contributed by atoms with Gasteiger partial charge in [-0.3, -0.25) is 14.4 Å². The van der Waals surface area contributed by atoms with Gasteiger partial charge in [-0.25, -0.2) is 0 Å². The Morgan fingerprint density at radius 1 is 0.771 bits per heavy atom. The van der Waals surface area contributed by atoms with Crippen molar-refractivity contribution in [2.45, 2.75) is 31.8 Å². The topological polar surface area (TPSA) is 96.5 Å². The maximum Gasteiger partial charge on any atom is 0.251 e. The summed E-state index contributed by atoms with van der Waals surface area (Å²) in [7, 11) is 1.67. The summed E-state index contributed by atoms with van der Waals surface area (Å²) >= 11 is 0. The lowest BCUT2D eigenvalue weighted by atomic mass is 9.87. The van der Waals surface area contributed by atoms with Crippen molar-refractivity contribution in [2.75, 3.05) is 20.1 Å². The summed E-state index contributed by atoms with van der Waals surface area (Å²) < 4.78 is 6.03. The summed E-state index contributed by atoms with van der Waals surface area (Å²) in [5.41, 5.74) is 1.12. The summed E-state index contributed by atoms with van der Waals surface area (Å²) in [4.78, 5) is 36.6. The van der Waals surface area contributed by atoms with E-state index in [-0.39, 0.29) is 29.7 Å². The molecule has 35 heavy (non-hydrogen) atoms. The van der Waals surface area contributed by atoms with Gasteiger partial charge in [-0.2, -0.15) is 0 Å². The van der Waals surface area contributed by atoms with Crippen LogP contribution in [0.5, 0.6) is 5.75 Å². The minimum absolute atomic E-state index is 0.0725. The minimum atomic E-state index is -0.206. The average Bonchev–Trinajstić information content (AvgIpc) is 2.91. The van der Waals surface area contributed by atoms with Crippen LogP contribution in [0.15, 0.2) is 66.7 Å². The molecule has 0 aliphatic heterocycles. The molecule has 0 radical (unpaired) electrons. The molecule has 0 unspecified atom stereocenters. The molecule has 0 heterocycles. The SMILES string of the molecule is CNC(=O)C1CCC(Oc2ccc(C(=O)NCCNC(=O)c3ccc4ccccc4c3)cc2)CC1. The first-order valence-electron chi connectivity index (χ1n) is 12.1. The van der Waals surface area contributed by atoms with Gasteiger partial charge in [0.25, 0.3) is 11.8 Å². The molecule has 0 spiro atoms. The molecule has 1 fully saturated rings. The summed E-state index contributed by atoms with van der Waals surface area (Å²) in [5.74, 6) is 0.515. The van der Waals surface area contributed by atoms with Crippen molar-refractivity contribution in [3.63, 3.8) is 0 Å². The van der Waals surface area contributed by atoms with Crippen molar-refractivity contribution < 1.29 is 19.1 Å². The molecule has 3 aromatic rings. The highest BCUT2D eigenvalue weighted by Gasteiger charge is 2.26. The van der Waals surface area contributed by atoms with Crippen molar-refractivity contribution in [1.82, 2.24) is 16.0 Å². The second-order valence-corrected chi connectivity index (χ2v) is 8.80. The summed E-state index contributed by atoms with van der Waals surface area (Å²) in [6, 6.07) is 20.5. The Morgan fingerprint density at radius 2 is 1.37 bits per heavy atom. The Labute approximate surface area is 205 Å². The lowest BCUT2D eigenvalue weighted by Crippen LogP contribution is -2.34. The summed E-state index contributed by atoms with van der Waals surface area (Å²) in [6.07, 6.45) is 3.41. The largest absolute Gasteiger partial charge is 0.490 e. The number of fused-ring (bicyclic) bond motifs is 1. The third-order valence-electron chi connectivity index (χ3n) is 6.42. The third kappa shape index (κ3) is 6.38. The molecule has 0 atom stereocenters. The predicted molar refractivity (Wildman–Crippen MR) is 135 cm³/mol. The van der Waals surface area contributed by atoms with E-state index in [0.29, 0.717) is 30.0 Å². The normalized spacial score (nSPS) is 17.4. The Hall–Kier alpha value is -3.87. The van der Waals surface area contributed by atoms with E-state index in [4.69, 9.17) is 4.74 Å². The van der Waals surface area contributed by atoms with Gasteiger partial charge < -0.3 is 20.7 Å². The standard InChI is InChI=1S/C28H31N3O4/c1-29-26(32)20-8-12-24(13-9-20)35-25-14-10-21(11-15-25)27(33)30-16-17-31-28(34)23-7-6-19-4-2-3-5-22(19)18-23/h2-7,10-11,14-15,18,20,24H,8-9,12-13,16-17H2,1H3,(H,29,32)(H,30,33)(H,31,34). The van der Waals surface area contributed by atoms with Crippen molar-refractivity contribution in [2.24, 2.45) is 5.92 Å². The van der Waals surface area contributed by atoms with Gasteiger partial charge in [0, 0.05) is 37.2 Å². The quantitative estimate of drug-likeness (QED) is 0.435. The molecule has 7 nitrogen and oxygen atoms in total. The third-order valence-corrected chi connectivity index (χ3v) is 6.42. The molecule has 1 saturated carbocycles. The molecule has 1 aliphatic rings. The molecule has 0 aromatic heterocycles. The second kappa shape index (κ2) is 11.5. The number of carbonyl (C=O) groups excluding carboxylic acids is 3. The molecule has 7 heteroatoms. The van der Waals surface area contributed by atoms with Gasteiger partial charge in [0.2, 0.25) is 5.91 Å². The van der Waals surface area contributed by atoms with Crippen LogP contribution in [0.3, 0.4) is 0 Å². The van der Waals surface area contributed by atoms with E-state index >= 15 is 0 Å². The van der Waals surface area contributed by atoms with Gasteiger partial charge in [0.05, 0.1) is 6.10 Å². The van der Waals surface area contributed by atoms with Crippen LogP contribution in [-0.2, 0) is 4.79 Å². The van der Waals surface area contributed by atoms with Gasteiger partial charge >= 0.3 is 0 Å². The number of benzene rings is 3. The Morgan fingerprint density at radius 3 is 2.03 bits per heavy atom. The van der Waals surface area contributed by atoms with Crippen molar-refractivity contribution >= 4 is 28.5 Å². The lowest BCUT2D eigenvalue weighted by Gasteiger charge is -2.28. The van der Waals surface area contributed by atoms with Crippen LogP contribution in [0.1, 0.15) is 46.4 Å². The molecule has 4 rings (SSSR count). The summed E-state index contributed by atoms with van der Waals surface area (Å²) in [6.45, 7) is 0.655. The van der Waals surface area contributed by atoms with E-state index in [0.717, 1.165) is 36.5 Å². The molecule has 3 aromatic carbocycles. The fraction of sp³-hybridized carbons (Fsp3) is 0.321. The van der Waals surface area contributed by atoms with Gasteiger partial charge in [-0.1, -0.05) is 30.3 Å². The molecule has 1 aliphatic carbocycles. The van der Waals surface area contributed by atoms with Crippen molar-refractivity contribution in [3.05, 3.63) is 77.9 Å². The highest BCUT2D eigenvalue weighted by Crippen LogP contribution is 2.28. The van der Waals surface area contributed by atoms with Gasteiger partial charge in [0.1, 0.15) is 5.75 Å². The average molecular weight is 474 g/mol. The Balaban J connectivity index is 1.19. The van der Waals surface area contributed by atoms with Crippen molar-refractivity contribution in [1.29, 1.82) is 0 Å². The number of carbonyl (C=O) groups is 3.